The van der Waals surface area contributed by atoms with Gasteiger partial charge >= 0.3 is 29.2 Å². The van der Waals surface area contributed by atoms with E-state index in [0.29, 0.717) is 0 Å². The van der Waals surface area contributed by atoms with E-state index in [9.17, 15) is 0 Å². The van der Waals surface area contributed by atoms with Gasteiger partial charge in [-0.2, -0.15) is 0 Å². The first-order valence-electron chi connectivity index (χ1n) is 0.651. The molecule has 0 saturated heterocycles. The SMILES string of the molecule is O.O.O.O.O=C(O)O.[H-].[H-].[Mg+2]. The van der Waals surface area contributed by atoms with Crippen molar-refractivity contribution in [3.05, 3.63) is 0 Å². The fourth-order valence-corrected chi connectivity index (χ4v) is 0. The second-order valence-corrected chi connectivity index (χ2v) is 0.283. The van der Waals surface area contributed by atoms with Crippen LogP contribution in [0.4, 0.5) is 4.79 Å². The molecule has 0 aliphatic rings. The van der Waals surface area contributed by atoms with Crippen molar-refractivity contribution in [3.63, 3.8) is 0 Å². The van der Waals surface area contributed by atoms with Crippen molar-refractivity contribution in [3.8, 4) is 0 Å². The van der Waals surface area contributed by atoms with Crippen LogP contribution in [0.3, 0.4) is 0 Å². The molecule has 0 amide bonds. The topological polar surface area (TPSA) is 184 Å². The molecule has 0 rings (SSSR count). The second-order valence-electron chi connectivity index (χ2n) is 0.283. The average molecular weight is 160 g/mol. The third-order valence-corrected chi connectivity index (χ3v) is 0. The van der Waals surface area contributed by atoms with Crippen molar-refractivity contribution in [2.45, 2.75) is 0 Å². The van der Waals surface area contributed by atoms with Crippen LogP contribution in [0.1, 0.15) is 2.85 Å². The third-order valence-electron chi connectivity index (χ3n) is 0. The Hall–Kier alpha value is -0.124. The molecule has 7 nitrogen and oxygen atoms in total. The molecule has 60 valence electrons. The smallest absolute Gasteiger partial charge is 1.00 e. The average Bonchev–Trinajstić information content (AvgIpc) is 0.811. The summed E-state index contributed by atoms with van der Waals surface area (Å²) < 4.78 is 0. The number of carboxylic acid groups (broad SMARTS) is 2. The predicted octanol–water partition coefficient (Wildman–Crippen LogP) is -3.23. The number of carbonyl (C=O) groups is 1. The Kier molecular flexibility index (Phi) is 333. The van der Waals surface area contributed by atoms with Gasteiger partial charge in [0.15, 0.2) is 0 Å². The van der Waals surface area contributed by atoms with Crippen molar-refractivity contribution in [1.82, 2.24) is 0 Å². The monoisotopic (exact) mass is 160 g/mol. The van der Waals surface area contributed by atoms with Gasteiger partial charge in [-0.3, -0.25) is 0 Å². The predicted molar refractivity (Wildman–Crippen MR) is 33.1 cm³/mol. The second kappa shape index (κ2) is 45.0. The molecule has 0 fully saturated rings. The normalized spacial score (nSPS) is 2.67. The van der Waals surface area contributed by atoms with E-state index in [-0.39, 0.29) is 47.8 Å². The maximum absolute atomic E-state index is 8.56. The molecular weight excluding hydrogens is 148 g/mol. The summed E-state index contributed by atoms with van der Waals surface area (Å²) in [5, 5.41) is 13.9. The summed E-state index contributed by atoms with van der Waals surface area (Å²) in [5.41, 5.74) is 0. The standard InChI is InChI=1S/CH2O3.Mg.4H2O.2H/c2-1(3)4;;;;;;;/h(H2,2,3,4);;4*1H2;;/q;+2;;;;;2*-1. The van der Waals surface area contributed by atoms with Gasteiger partial charge in [-0.15, -0.1) is 0 Å². The third kappa shape index (κ3) is 17800. The number of hydrogen-bond acceptors (Lipinski definition) is 1. The summed E-state index contributed by atoms with van der Waals surface area (Å²) in [7, 11) is 0. The molecular formula is CH12MgO7. The van der Waals surface area contributed by atoms with E-state index in [2.05, 4.69) is 0 Å². The van der Waals surface area contributed by atoms with E-state index in [1.807, 2.05) is 0 Å². The zero-order valence-electron chi connectivity index (χ0n) is 6.51. The molecule has 0 aromatic carbocycles. The van der Waals surface area contributed by atoms with Crippen LogP contribution in [0.25, 0.3) is 0 Å². The summed E-state index contributed by atoms with van der Waals surface area (Å²) in [5.74, 6) is 0. The minimum absolute atomic E-state index is 0. The van der Waals surface area contributed by atoms with Crippen LogP contribution in [-0.2, 0) is 0 Å². The molecule has 0 heterocycles. The molecule has 0 aliphatic carbocycles. The van der Waals surface area contributed by atoms with E-state index in [4.69, 9.17) is 15.0 Å². The van der Waals surface area contributed by atoms with E-state index in [0.717, 1.165) is 0 Å². The Morgan fingerprint density at radius 3 is 1.00 bits per heavy atom. The van der Waals surface area contributed by atoms with Crippen molar-refractivity contribution >= 4 is 29.2 Å². The van der Waals surface area contributed by atoms with Gasteiger partial charge in [0.05, 0.1) is 0 Å². The van der Waals surface area contributed by atoms with Crippen LogP contribution in [0.2, 0.25) is 0 Å². The van der Waals surface area contributed by atoms with Gasteiger partial charge in [0.1, 0.15) is 0 Å². The summed E-state index contributed by atoms with van der Waals surface area (Å²) in [6.45, 7) is 0. The fourth-order valence-electron chi connectivity index (χ4n) is 0. The van der Waals surface area contributed by atoms with Crippen molar-refractivity contribution in [1.29, 1.82) is 0 Å². The first kappa shape index (κ1) is 66.6. The van der Waals surface area contributed by atoms with Crippen LogP contribution in [0.15, 0.2) is 0 Å². The zero-order valence-corrected chi connectivity index (χ0v) is 5.92. The van der Waals surface area contributed by atoms with Gasteiger partial charge in [-0.1, -0.05) is 0 Å². The number of hydrogen-bond donors (Lipinski definition) is 2. The van der Waals surface area contributed by atoms with Crippen LogP contribution in [-0.4, -0.2) is 61.3 Å². The van der Waals surface area contributed by atoms with E-state index >= 15 is 0 Å². The molecule has 10 N–H and O–H groups in total. The van der Waals surface area contributed by atoms with Gasteiger partial charge in [0, 0.05) is 0 Å². The molecule has 0 aromatic heterocycles. The Bertz CT molecular complexity index is 39.4. The Morgan fingerprint density at radius 1 is 1.00 bits per heavy atom. The molecule has 0 aromatic rings. The summed E-state index contributed by atoms with van der Waals surface area (Å²) in [6, 6.07) is 0. The molecule has 8 heteroatoms. The van der Waals surface area contributed by atoms with Gasteiger partial charge in [0.25, 0.3) is 0 Å². The molecule has 0 spiro atoms. The summed E-state index contributed by atoms with van der Waals surface area (Å²) in [4.78, 5) is 8.56. The summed E-state index contributed by atoms with van der Waals surface area (Å²) >= 11 is 0. The Labute approximate surface area is 69.7 Å². The number of rotatable bonds is 0. The molecule has 0 radical (unpaired) electrons. The van der Waals surface area contributed by atoms with Crippen molar-refractivity contribution in [2.24, 2.45) is 0 Å². The van der Waals surface area contributed by atoms with Gasteiger partial charge in [-0.25, -0.2) is 4.79 Å². The minimum Gasteiger partial charge on any atom is -1.00 e. The maximum atomic E-state index is 8.56. The molecule has 0 saturated carbocycles. The van der Waals surface area contributed by atoms with E-state index < -0.39 is 6.16 Å². The van der Waals surface area contributed by atoms with Gasteiger partial charge in [0.2, 0.25) is 0 Å². The van der Waals surface area contributed by atoms with E-state index in [1.165, 1.54) is 0 Å². The summed E-state index contributed by atoms with van der Waals surface area (Å²) in [6.07, 6.45) is -1.83. The molecule has 0 bridgehead atoms. The van der Waals surface area contributed by atoms with Gasteiger partial charge < -0.3 is 35.0 Å². The quantitative estimate of drug-likeness (QED) is 0.353. The van der Waals surface area contributed by atoms with Crippen LogP contribution < -0.4 is 0 Å². The van der Waals surface area contributed by atoms with Crippen molar-refractivity contribution in [2.75, 3.05) is 0 Å². The Balaban J connectivity index is -0.00000000214. The van der Waals surface area contributed by atoms with Crippen LogP contribution in [0.5, 0.6) is 0 Å². The first-order valence-corrected chi connectivity index (χ1v) is 0.651. The largest absolute Gasteiger partial charge is 2.00 e. The maximum Gasteiger partial charge on any atom is 2.00 e. The molecule has 9 heavy (non-hydrogen) atoms. The minimum atomic E-state index is -1.83. The van der Waals surface area contributed by atoms with Crippen molar-refractivity contribution < 1.29 is 39.8 Å². The fraction of sp³-hybridized carbons (Fsp3) is 0. The molecule has 0 aliphatic heterocycles. The first-order chi connectivity index (χ1) is 1.73. The molecule has 0 unspecified atom stereocenters. The zero-order chi connectivity index (χ0) is 3.58. The van der Waals surface area contributed by atoms with Crippen LogP contribution in [0, 0.1) is 0 Å². The van der Waals surface area contributed by atoms with E-state index in [1.54, 1.807) is 0 Å². The van der Waals surface area contributed by atoms with Gasteiger partial charge in [-0.05, 0) is 0 Å². The Morgan fingerprint density at radius 2 is 1.00 bits per heavy atom. The molecule has 0 atom stereocenters. The van der Waals surface area contributed by atoms with Crippen LogP contribution >= 0.6 is 0 Å².